The molecule has 0 saturated carbocycles. The molecule has 0 fully saturated rings. The van der Waals surface area contributed by atoms with Crippen molar-refractivity contribution in [1.29, 1.82) is 0 Å². The number of hydrogen-bond acceptors (Lipinski definition) is 8. The number of carbonyl (C=O) groups excluding carboxylic acids is 1. The van der Waals surface area contributed by atoms with Gasteiger partial charge in [0.15, 0.2) is 5.13 Å². The number of aromatic nitrogens is 4. The number of ether oxygens (including phenoxy) is 1. The summed E-state index contributed by atoms with van der Waals surface area (Å²) in [6, 6.07) is 12.0. The van der Waals surface area contributed by atoms with Crippen LogP contribution >= 0.6 is 11.3 Å². The SMILES string of the molecule is COCC(=O)Nc1nc2c(s1)-c1c(c(-c3ccc(C)nc3)nn1-c1ccc(/C=N/OC)cc1)CC2. The van der Waals surface area contributed by atoms with Gasteiger partial charge in [0.25, 0.3) is 5.91 Å². The Morgan fingerprint density at radius 2 is 2.03 bits per heavy atom. The minimum absolute atomic E-state index is 0.0171. The van der Waals surface area contributed by atoms with E-state index in [0.717, 1.165) is 62.9 Å². The van der Waals surface area contributed by atoms with Crippen molar-refractivity contribution in [3.05, 3.63) is 65.1 Å². The normalized spacial score (nSPS) is 12.4. The van der Waals surface area contributed by atoms with Gasteiger partial charge in [0.05, 0.1) is 33.9 Å². The highest BCUT2D eigenvalue weighted by Gasteiger charge is 2.30. The molecule has 178 valence electrons. The van der Waals surface area contributed by atoms with Gasteiger partial charge in [0.2, 0.25) is 0 Å². The summed E-state index contributed by atoms with van der Waals surface area (Å²) in [7, 11) is 3.01. The van der Waals surface area contributed by atoms with E-state index in [1.807, 2.05) is 48.1 Å². The number of oxime groups is 1. The van der Waals surface area contributed by atoms with Crippen molar-refractivity contribution in [2.75, 3.05) is 26.1 Å². The van der Waals surface area contributed by atoms with Gasteiger partial charge in [-0.05, 0) is 49.6 Å². The number of nitrogens with zero attached hydrogens (tertiary/aromatic N) is 5. The molecule has 1 aliphatic rings. The number of fused-ring (bicyclic) bond motifs is 3. The Bertz CT molecular complexity index is 1390. The van der Waals surface area contributed by atoms with E-state index in [2.05, 4.69) is 21.5 Å². The Morgan fingerprint density at radius 3 is 2.74 bits per heavy atom. The molecule has 1 N–H and O–H groups in total. The number of methoxy groups -OCH3 is 1. The van der Waals surface area contributed by atoms with Crippen LogP contribution in [-0.4, -0.2) is 52.7 Å². The van der Waals surface area contributed by atoms with Crippen molar-refractivity contribution in [1.82, 2.24) is 19.7 Å². The van der Waals surface area contributed by atoms with Gasteiger partial charge in [-0.15, -0.1) is 0 Å². The van der Waals surface area contributed by atoms with Crippen LogP contribution in [-0.2, 0) is 27.2 Å². The zero-order chi connectivity index (χ0) is 24.4. The van der Waals surface area contributed by atoms with Crippen LogP contribution in [0.2, 0.25) is 0 Å². The van der Waals surface area contributed by atoms with Gasteiger partial charge in [-0.1, -0.05) is 28.6 Å². The van der Waals surface area contributed by atoms with Crippen LogP contribution in [0.4, 0.5) is 5.13 Å². The molecular weight excluding hydrogens is 464 g/mol. The molecule has 0 aliphatic heterocycles. The molecule has 0 atom stereocenters. The fourth-order valence-corrected chi connectivity index (χ4v) is 5.14. The standard InChI is InChI=1S/C25H24N6O3S/c1-15-4-7-17(13-26-15)22-19-10-11-20-24(35-25(28-20)29-21(32)14-33-2)23(19)31(30-22)18-8-5-16(6-9-18)12-27-34-3/h4-9,12-13H,10-11,14H2,1-3H3,(H,28,29,32)/b27-12+. The number of pyridine rings is 1. The summed E-state index contributed by atoms with van der Waals surface area (Å²) < 4.78 is 6.89. The predicted octanol–water partition coefficient (Wildman–Crippen LogP) is 4.03. The van der Waals surface area contributed by atoms with Gasteiger partial charge < -0.3 is 9.57 Å². The molecule has 35 heavy (non-hydrogen) atoms. The van der Waals surface area contributed by atoms with E-state index in [0.29, 0.717) is 5.13 Å². The molecule has 3 heterocycles. The third kappa shape index (κ3) is 4.58. The lowest BCUT2D eigenvalue weighted by Gasteiger charge is -2.14. The number of anilines is 1. The molecule has 0 saturated heterocycles. The molecule has 1 aromatic carbocycles. The van der Waals surface area contributed by atoms with Gasteiger partial charge >= 0.3 is 0 Å². The minimum atomic E-state index is -0.230. The Kier molecular flexibility index (Phi) is 6.39. The lowest BCUT2D eigenvalue weighted by atomic mass is 9.95. The van der Waals surface area contributed by atoms with Crippen molar-refractivity contribution in [3.8, 4) is 27.5 Å². The van der Waals surface area contributed by atoms with Crippen LogP contribution < -0.4 is 5.32 Å². The fourth-order valence-electron chi connectivity index (χ4n) is 4.05. The summed E-state index contributed by atoms with van der Waals surface area (Å²) in [4.78, 5) is 27.0. The zero-order valence-electron chi connectivity index (χ0n) is 19.6. The molecule has 3 aromatic heterocycles. The fraction of sp³-hybridized carbons (Fsp3) is 0.240. The van der Waals surface area contributed by atoms with Gasteiger partial charge in [0.1, 0.15) is 13.7 Å². The summed E-state index contributed by atoms with van der Waals surface area (Å²) in [5, 5.41) is 12.3. The summed E-state index contributed by atoms with van der Waals surface area (Å²) in [5.41, 5.74) is 7.74. The van der Waals surface area contributed by atoms with Gasteiger partial charge in [0, 0.05) is 30.1 Å². The maximum absolute atomic E-state index is 12.1. The lowest BCUT2D eigenvalue weighted by molar-refractivity contribution is -0.119. The molecule has 9 nitrogen and oxygen atoms in total. The Labute approximate surface area is 206 Å². The van der Waals surface area contributed by atoms with E-state index in [4.69, 9.17) is 19.7 Å². The molecule has 0 radical (unpaired) electrons. The van der Waals surface area contributed by atoms with Gasteiger partial charge in [-0.2, -0.15) is 5.10 Å². The van der Waals surface area contributed by atoms with E-state index in [1.54, 1.807) is 6.21 Å². The average Bonchev–Trinajstić information content (AvgIpc) is 3.45. The molecule has 1 amide bonds. The topological polar surface area (TPSA) is 104 Å². The van der Waals surface area contributed by atoms with Crippen LogP contribution in [0.3, 0.4) is 0 Å². The largest absolute Gasteiger partial charge is 0.399 e. The lowest BCUT2D eigenvalue weighted by Crippen LogP contribution is -2.16. The van der Waals surface area contributed by atoms with Crippen LogP contribution in [0.5, 0.6) is 0 Å². The highest BCUT2D eigenvalue weighted by molar-refractivity contribution is 7.19. The van der Waals surface area contributed by atoms with Crippen molar-refractivity contribution < 1.29 is 14.4 Å². The minimum Gasteiger partial charge on any atom is -0.399 e. The van der Waals surface area contributed by atoms with Gasteiger partial charge in [-0.25, -0.2) is 9.67 Å². The zero-order valence-corrected chi connectivity index (χ0v) is 20.4. The molecule has 0 spiro atoms. The third-order valence-corrected chi connectivity index (χ3v) is 6.68. The first-order valence-corrected chi connectivity index (χ1v) is 11.9. The van der Waals surface area contributed by atoms with Crippen molar-refractivity contribution in [3.63, 3.8) is 0 Å². The van der Waals surface area contributed by atoms with E-state index in [9.17, 15) is 4.79 Å². The van der Waals surface area contributed by atoms with Crippen molar-refractivity contribution in [2.45, 2.75) is 19.8 Å². The van der Waals surface area contributed by atoms with E-state index in [-0.39, 0.29) is 12.5 Å². The molecule has 0 bridgehead atoms. The monoisotopic (exact) mass is 488 g/mol. The third-order valence-electron chi connectivity index (χ3n) is 5.66. The smallest absolute Gasteiger partial charge is 0.252 e. The summed E-state index contributed by atoms with van der Waals surface area (Å²) in [5.74, 6) is -0.230. The first-order chi connectivity index (χ1) is 17.1. The number of hydrogen-bond donors (Lipinski definition) is 1. The van der Waals surface area contributed by atoms with Crippen molar-refractivity contribution >= 4 is 28.6 Å². The highest BCUT2D eigenvalue weighted by Crippen LogP contribution is 2.44. The van der Waals surface area contributed by atoms with Crippen LogP contribution in [0, 0.1) is 6.92 Å². The molecule has 4 aromatic rings. The van der Waals surface area contributed by atoms with Crippen LogP contribution in [0.25, 0.3) is 27.5 Å². The first-order valence-electron chi connectivity index (χ1n) is 11.1. The molecule has 0 unspecified atom stereocenters. The van der Waals surface area contributed by atoms with E-state index in [1.165, 1.54) is 25.6 Å². The summed E-state index contributed by atoms with van der Waals surface area (Å²) >= 11 is 1.45. The highest BCUT2D eigenvalue weighted by atomic mass is 32.1. The number of nitrogens with one attached hydrogen (secondary N) is 1. The molecule has 10 heteroatoms. The number of carbonyl (C=O) groups is 1. The van der Waals surface area contributed by atoms with Gasteiger partial charge in [-0.3, -0.25) is 15.1 Å². The number of thiazole rings is 1. The Balaban J connectivity index is 1.63. The first kappa shape index (κ1) is 22.9. The summed E-state index contributed by atoms with van der Waals surface area (Å²) in [6.45, 7) is 1.95. The number of aryl methyl sites for hydroxylation is 2. The average molecular weight is 489 g/mol. The quantitative estimate of drug-likeness (QED) is 0.311. The van der Waals surface area contributed by atoms with E-state index >= 15 is 0 Å². The number of amides is 1. The van der Waals surface area contributed by atoms with Crippen LogP contribution in [0.1, 0.15) is 22.5 Å². The van der Waals surface area contributed by atoms with Crippen molar-refractivity contribution in [2.24, 2.45) is 5.16 Å². The molecule has 1 aliphatic carbocycles. The predicted molar refractivity (Wildman–Crippen MR) is 135 cm³/mol. The Morgan fingerprint density at radius 1 is 1.20 bits per heavy atom. The maximum atomic E-state index is 12.1. The number of rotatable bonds is 7. The molecular formula is C25H24N6O3S. The second-order valence-electron chi connectivity index (χ2n) is 8.06. The second kappa shape index (κ2) is 9.77. The maximum Gasteiger partial charge on any atom is 0.252 e. The van der Waals surface area contributed by atoms with Crippen LogP contribution in [0.15, 0.2) is 47.8 Å². The second-order valence-corrected chi connectivity index (χ2v) is 9.06. The Hall–Kier alpha value is -3.89. The number of benzene rings is 1. The molecule has 5 rings (SSSR count). The van der Waals surface area contributed by atoms with E-state index < -0.39 is 0 Å². The summed E-state index contributed by atoms with van der Waals surface area (Å²) in [6.07, 6.45) is 5.08.